The van der Waals surface area contributed by atoms with E-state index in [2.05, 4.69) is 14.7 Å². The lowest BCUT2D eigenvalue weighted by molar-refractivity contribution is -0.136. The van der Waals surface area contributed by atoms with Gasteiger partial charge in [-0.25, -0.2) is 0 Å². The first-order valence-electron chi connectivity index (χ1n) is 11.2. The Morgan fingerprint density at radius 1 is 0.929 bits per heavy atom. The van der Waals surface area contributed by atoms with Gasteiger partial charge in [0, 0.05) is 32.2 Å². The zero-order valence-corrected chi connectivity index (χ0v) is 17.1. The fourth-order valence-corrected chi connectivity index (χ4v) is 5.05. The normalized spacial score (nSPS) is 25.1. The molecule has 28 heavy (non-hydrogen) atoms. The fraction of sp³-hybridized carbons (Fsp3) is 0.696. The molecule has 3 fully saturated rings. The predicted octanol–water partition coefficient (Wildman–Crippen LogP) is 2.86. The van der Waals surface area contributed by atoms with Gasteiger partial charge in [0.2, 0.25) is 5.91 Å². The molecule has 1 aromatic rings. The van der Waals surface area contributed by atoms with Crippen LogP contribution in [0.3, 0.4) is 0 Å². The number of ether oxygens (including phenoxy) is 1. The van der Waals surface area contributed by atoms with Crippen LogP contribution >= 0.6 is 0 Å². The summed E-state index contributed by atoms with van der Waals surface area (Å²) in [6.07, 6.45) is 7.08. The molecule has 1 atom stereocenters. The van der Waals surface area contributed by atoms with Crippen LogP contribution in [-0.4, -0.2) is 79.1 Å². The van der Waals surface area contributed by atoms with Crippen molar-refractivity contribution in [3.05, 3.63) is 30.3 Å². The molecule has 3 aliphatic heterocycles. The van der Waals surface area contributed by atoms with E-state index in [0.29, 0.717) is 11.9 Å². The van der Waals surface area contributed by atoms with Crippen LogP contribution < -0.4 is 4.74 Å². The van der Waals surface area contributed by atoms with Crippen LogP contribution in [0, 0.1) is 5.92 Å². The molecule has 5 heteroatoms. The van der Waals surface area contributed by atoms with Crippen LogP contribution in [0.2, 0.25) is 0 Å². The third-order valence-corrected chi connectivity index (χ3v) is 6.71. The quantitative estimate of drug-likeness (QED) is 0.754. The Labute approximate surface area is 169 Å². The highest BCUT2D eigenvalue weighted by molar-refractivity contribution is 5.79. The molecule has 1 amide bonds. The van der Waals surface area contributed by atoms with E-state index in [9.17, 15) is 4.79 Å². The zero-order chi connectivity index (χ0) is 19.2. The van der Waals surface area contributed by atoms with Gasteiger partial charge in [0.15, 0.2) is 0 Å². The summed E-state index contributed by atoms with van der Waals surface area (Å²) >= 11 is 0. The van der Waals surface area contributed by atoms with Crippen molar-refractivity contribution in [2.24, 2.45) is 5.92 Å². The molecule has 0 aliphatic carbocycles. The maximum atomic E-state index is 12.8. The molecule has 3 heterocycles. The lowest BCUT2D eigenvalue weighted by Crippen LogP contribution is -2.51. The number of likely N-dealkylation sites (tertiary alicyclic amines) is 3. The van der Waals surface area contributed by atoms with E-state index >= 15 is 0 Å². The first-order valence-corrected chi connectivity index (χ1v) is 11.2. The van der Waals surface area contributed by atoms with Crippen LogP contribution in [0.4, 0.5) is 0 Å². The number of piperidine rings is 2. The van der Waals surface area contributed by atoms with Crippen molar-refractivity contribution in [1.29, 1.82) is 0 Å². The summed E-state index contributed by atoms with van der Waals surface area (Å²) in [6, 6.07) is 10.7. The molecule has 3 saturated heterocycles. The van der Waals surface area contributed by atoms with Crippen molar-refractivity contribution in [3.63, 3.8) is 0 Å². The summed E-state index contributed by atoms with van der Waals surface area (Å²) in [5.74, 6) is 1.63. The molecule has 4 rings (SSSR count). The van der Waals surface area contributed by atoms with Gasteiger partial charge in [0.1, 0.15) is 12.4 Å². The lowest BCUT2D eigenvalue weighted by atomic mass is 9.93. The highest BCUT2D eigenvalue weighted by Gasteiger charge is 2.34. The predicted molar refractivity (Wildman–Crippen MR) is 112 cm³/mol. The van der Waals surface area contributed by atoms with Crippen LogP contribution in [0.1, 0.15) is 38.5 Å². The van der Waals surface area contributed by atoms with E-state index in [4.69, 9.17) is 4.74 Å². The van der Waals surface area contributed by atoms with Crippen molar-refractivity contribution in [2.75, 3.05) is 52.4 Å². The van der Waals surface area contributed by atoms with Gasteiger partial charge >= 0.3 is 0 Å². The average Bonchev–Trinajstić information content (AvgIpc) is 3.30. The Balaban J connectivity index is 1.18. The molecular formula is C23H35N3O2. The highest BCUT2D eigenvalue weighted by Crippen LogP contribution is 2.26. The van der Waals surface area contributed by atoms with Gasteiger partial charge in [0.05, 0.1) is 5.92 Å². The van der Waals surface area contributed by atoms with E-state index < -0.39 is 0 Å². The number of rotatable bonds is 6. The van der Waals surface area contributed by atoms with E-state index in [1.165, 1.54) is 38.6 Å². The summed E-state index contributed by atoms with van der Waals surface area (Å²) in [4.78, 5) is 20.1. The minimum atomic E-state index is 0.240. The van der Waals surface area contributed by atoms with Gasteiger partial charge < -0.3 is 9.64 Å². The zero-order valence-electron chi connectivity index (χ0n) is 17.1. The molecule has 0 unspecified atom stereocenters. The molecule has 154 valence electrons. The molecule has 0 saturated carbocycles. The number of carbonyl (C=O) groups is 1. The molecule has 0 aromatic heterocycles. The number of hydrogen-bond donors (Lipinski definition) is 0. The number of hydrogen-bond acceptors (Lipinski definition) is 4. The number of benzene rings is 1. The fourth-order valence-electron chi connectivity index (χ4n) is 5.05. The van der Waals surface area contributed by atoms with Crippen LogP contribution in [-0.2, 0) is 4.79 Å². The Morgan fingerprint density at radius 2 is 1.68 bits per heavy atom. The molecule has 1 aromatic carbocycles. The second-order valence-corrected chi connectivity index (χ2v) is 8.60. The van der Waals surface area contributed by atoms with Crippen LogP contribution in [0.25, 0.3) is 0 Å². The largest absolute Gasteiger partial charge is 0.492 e. The number of nitrogens with zero attached hydrogens (tertiary/aromatic N) is 3. The Bertz CT molecular complexity index is 610. The van der Waals surface area contributed by atoms with Crippen LogP contribution in [0.5, 0.6) is 5.75 Å². The monoisotopic (exact) mass is 385 g/mol. The molecule has 0 radical (unpaired) electrons. The molecule has 0 N–H and O–H groups in total. The van der Waals surface area contributed by atoms with Gasteiger partial charge in [-0.15, -0.1) is 0 Å². The summed E-state index contributed by atoms with van der Waals surface area (Å²) in [7, 11) is 0. The summed E-state index contributed by atoms with van der Waals surface area (Å²) < 4.78 is 5.85. The summed E-state index contributed by atoms with van der Waals surface area (Å²) in [5, 5.41) is 0. The minimum absolute atomic E-state index is 0.240. The van der Waals surface area contributed by atoms with Gasteiger partial charge in [-0.05, 0) is 70.3 Å². The van der Waals surface area contributed by atoms with Crippen molar-refractivity contribution in [3.8, 4) is 5.75 Å². The summed E-state index contributed by atoms with van der Waals surface area (Å²) in [5.41, 5.74) is 0. The topological polar surface area (TPSA) is 36.0 Å². The van der Waals surface area contributed by atoms with E-state index in [1.54, 1.807) is 0 Å². The van der Waals surface area contributed by atoms with E-state index in [-0.39, 0.29) is 5.92 Å². The smallest absolute Gasteiger partial charge is 0.226 e. The number of amides is 1. The molecular weight excluding hydrogens is 350 g/mol. The molecule has 5 nitrogen and oxygen atoms in total. The molecule has 0 bridgehead atoms. The number of para-hydroxylation sites is 1. The SMILES string of the molecule is O=C([C@H]1CCCN(C2CCN(CCOc3ccccc3)CC2)C1)N1CCCC1. The molecule has 0 spiro atoms. The van der Waals surface area contributed by atoms with E-state index in [1.807, 2.05) is 30.3 Å². The highest BCUT2D eigenvalue weighted by atomic mass is 16.5. The standard InChI is InChI=1S/C23H35N3O2/c27-23(25-12-4-5-13-25)20-7-6-14-26(19-20)21-10-15-24(16-11-21)17-18-28-22-8-2-1-3-9-22/h1-3,8-9,20-21H,4-7,10-19H2/t20-/m0/s1. The van der Waals surface area contributed by atoms with Crippen LogP contribution in [0.15, 0.2) is 30.3 Å². The Morgan fingerprint density at radius 3 is 2.43 bits per heavy atom. The third kappa shape index (κ3) is 5.06. The maximum Gasteiger partial charge on any atom is 0.226 e. The van der Waals surface area contributed by atoms with Gasteiger partial charge in [-0.1, -0.05) is 18.2 Å². The van der Waals surface area contributed by atoms with E-state index in [0.717, 1.165) is 58.0 Å². The third-order valence-electron chi connectivity index (χ3n) is 6.71. The lowest BCUT2D eigenvalue weighted by Gasteiger charge is -2.42. The number of carbonyl (C=O) groups excluding carboxylic acids is 1. The first-order chi connectivity index (χ1) is 13.8. The summed E-state index contributed by atoms with van der Waals surface area (Å²) in [6.45, 7) is 8.16. The Kier molecular flexibility index (Phi) is 6.86. The van der Waals surface area contributed by atoms with Crippen molar-refractivity contribution in [2.45, 2.75) is 44.6 Å². The minimum Gasteiger partial charge on any atom is -0.492 e. The van der Waals surface area contributed by atoms with Crippen molar-refractivity contribution < 1.29 is 9.53 Å². The first kappa shape index (κ1) is 19.7. The van der Waals surface area contributed by atoms with Gasteiger partial charge in [-0.2, -0.15) is 0 Å². The van der Waals surface area contributed by atoms with Crippen molar-refractivity contribution in [1.82, 2.24) is 14.7 Å². The van der Waals surface area contributed by atoms with Gasteiger partial charge in [0.25, 0.3) is 0 Å². The molecule has 3 aliphatic rings. The Hall–Kier alpha value is -1.59. The van der Waals surface area contributed by atoms with Crippen molar-refractivity contribution >= 4 is 5.91 Å². The average molecular weight is 386 g/mol. The van der Waals surface area contributed by atoms with Gasteiger partial charge in [-0.3, -0.25) is 14.6 Å². The maximum absolute atomic E-state index is 12.8. The second-order valence-electron chi connectivity index (χ2n) is 8.60. The second kappa shape index (κ2) is 9.75.